The van der Waals surface area contributed by atoms with Crippen LogP contribution in [0.3, 0.4) is 0 Å². The summed E-state index contributed by atoms with van der Waals surface area (Å²) < 4.78 is 0. The van der Waals surface area contributed by atoms with Crippen LogP contribution in [0.2, 0.25) is 5.02 Å². The van der Waals surface area contributed by atoms with E-state index in [-0.39, 0.29) is 11.6 Å². The molecule has 1 atom stereocenters. The summed E-state index contributed by atoms with van der Waals surface area (Å²) in [6.07, 6.45) is 6.38. The van der Waals surface area contributed by atoms with Crippen molar-refractivity contribution in [1.29, 1.82) is 0 Å². The Hall–Kier alpha value is -0.590. The van der Waals surface area contributed by atoms with E-state index in [2.05, 4.69) is 19.2 Å². The topological polar surface area (TPSA) is 29.1 Å². The highest BCUT2D eigenvalue weighted by Crippen LogP contribution is 2.67. The molecule has 1 unspecified atom stereocenters. The molecule has 0 saturated carbocycles. The standard InChI is InChI=1S/C17H25ClNOP/c1-5-21(8-6-7-9-21)14(4)17(20)19-16-12(2)10-15(18)11-13(16)3/h10-11,14H,5-9H2,1-4H3/p+1. The van der Waals surface area contributed by atoms with Crippen LogP contribution >= 0.6 is 18.9 Å². The second-order valence-corrected chi connectivity index (χ2v) is 11.4. The number of anilines is 1. The predicted octanol–water partition coefficient (Wildman–Crippen LogP) is 5.12. The Morgan fingerprint density at radius 2 is 1.81 bits per heavy atom. The van der Waals surface area contributed by atoms with Crippen LogP contribution in [0, 0.1) is 13.8 Å². The number of hydrogen-bond acceptors (Lipinski definition) is 1. The molecule has 0 radical (unpaired) electrons. The van der Waals surface area contributed by atoms with Gasteiger partial charge in [0.1, 0.15) is 5.66 Å². The van der Waals surface area contributed by atoms with Crippen LogP contribution in [0.4, 0.5) is 5.69 Å². The first-order valence-corrected chi connectivity index (χ1v) is 10.6. The zero-order valence-corrected chi connectivity index (χ0v) is 15.2. The molecule has 116 valence electrons. The molecule has 1 fully saturated rings. The largest absolute Gasteiger partial charge is 0.322 e. The molecule has 0 spiro atoms. The Balaban J connectivity index is 2.18. The number of carbonyl (C=O) groups excluding carboxylic acids is 1. The molecule has 2 nitrogen and oxygen atoms in total. The van der Waals surface area contributed by atoms with Crippen LogP contribution in [0.5, 0.6) is 0 Å². The van der Waals surface area contributed by atoms with Crippen molar-refractivity contribution < 1.29 is 4.79 Å². The Bertz CT molecular complexity index is 515. The Labute approximate surface area is 134 Å². The maximum absolute atomic E-state index is 12.7. The van der Waals surface area contributed by atoms with E-state index in [0.29, 0.717) is 0 Å². The van der Waals surface area contributed by atoms with E-state index in [1.165, 1.54) is 31.3 Å². The molecule has 1 aliphatic rings. The van der Waals surface area contributed by atoms with Gasteiger partial charge in [0.25, 0.3) is 5.91 Å². The zero-order chi connectivity index (χ0) is 15.6. The maximum atomic E-state index is 12.7. The van der Waals surface area contributed by atoms with Crippen LogP contribution in [0.25, 0.3) is 0 Å². The van der Waals surface area contributed by atoms with E-state index < -0.39 is 7.26 Å². The van der Waals surface area contributed by atoms with Crippen molar-refractivity contribution in [2.24, 2.45) is 0 Å². The number of benzene rings is 1. The van der Waals surface area contributed by atoms with Crippen LogP contribution in [0.15, 0.2) is 12.1 Å². The van der Waals surface area contributed by atoms with Crippen molar-refractivity contribution in [2.75, 3.05) is 23.8 Å². The molecule has 4 heteroatoms. The molecule has 0 bridgehead atoms. The van der Waals surface area contributed by atoms with Gasteiger partial charge in [-0.15, -0.1) is 0 Å². The van der Waals surface area contributed by atoms with Gasteiger partial charge in [0.2, 0.25) is 0 Å². The van der Waals surface area contributed by atoms with E-state index in [1.807, 2.05) is 26.0 Å². The molecule has 1 amide bonds. The number of rotatable bonds is 4. The molecule has 1 aromatic rings. The number of hydrogen-bond donors (Lipinski definition) is 1. The van der Waals surface area contributed by atoms with Gasteiger partial charge in [0.05, 0.1) is 18.5 Å². The number of aryl methyl sites for hydroxylation is 2. The fourth-order valence-electron chi connectivity index (χ4n) is 3.53. The smallest absolute Gasteiger partial charge is 0.264 e. The number of carbonyl (C=O) groups is 1. The summed E-state index contributed by atoms with van der Waals surface area (Å²) in [4.78, 5) is 12.7. The lowest BCUT2D eigenvalue weighted by molar-refractivity contribution is -0.115. The number of nitrogens with one attached hydrogen (secondary N) is 1. The molecule has 2 rings (SSSR count). The van der Waals surface area contributed by atoms with Crippen LogP contribution < -0.4 is 5.32 Å². The predicted molar refractivity (Wildman–Crippen MR) is 95.4 cm³/mol. The Morgan fingerprint density at radius 1 is 1.29 bits per heavy atom. The number of amides is 1. The summed E-state index contributed by atoms with van der Waals surface area (Å²) in [5, 5.41) is 3.90. The molecule has 1 N–H and O–H groups in total. The highest BCUT2D eigenvalue weighted by Gasteiger charge is 2.47. The van der Waals surface area contributed by atoms with Gasteiger partial charge in [0.15, 0.2) is 0 Å². The average Bonchev–Trinajstić information content (AvgIpc) is 2.91. The highest BCUT2D eigenvalue weighted by atomic mass is 35.5. The summed E-state index contributed by atoms with van der Waals surface area (Å²) in [7, 11) is -1.09. The Kier molecular flexibility index (Phi) is 5.33. The van der Waals surface area contributed by atoms with Gasteiger partial charge < -0.3 is 5.32 Å². The second kappa shape index (κ2) is 6.67. The molecule has 0 aromatic heterocycles. The summed E-state index contributed by atoms with van der Waals surface area (Å²) in [5.41, 5.74) is 3.18. The SMILES string of the molecule is CC[P+]1(C(C)C(=O)Nc2c(C)cc(Cl)cc2C)CCCC1. The molecular weight excluding hydrogens is 301 g/mol. The highest BCUT2D eigenvalue weighted by molar-refractivity contribution is 7.77. The summed E-state index contributed by atoms with van der Waals surface area (Å²) in [5.74, 6) is 0.195. The summed E-state index contributed by atoms with van der Waals surface area (Å²) in [6.45, 7) is 8.40. The fraction of sp³-hybridized carbons (Fsp3) is 0.588. The number of halogens is 1. The van der Waals surface area contributed by atoms with E-state index in [4.69, 9.17) is 11.6 Å². The molecule has 1 saturated heterocycles. The van der Waals surface area contributed by atoms with Gasteiger partial charge in [-0.2, -0.15) is 0 Å². The van der Waals surface area contributed by atoms with Gasteiger partial charge in [-0.3, -0.25) is 4.79 Å². The third-order valence-electron chi connectivity index (χ3n) is 5.03. The van der Waals surface area contributed by atoms with Crippen molar-refractivity contribution >= 4 is 30.5 Å². The van der Waals surface area contributed by atoms with Gasteiger partial charge in [0, 0.05) is 18.0 Å². The van der Waals surface area contributed by atoms with E-state index >= 15 is 0 Å². The quantitative estimate of drug-likeness (QED) is 0.765. The van der Waals surface area contributed by atoms with Crippen molar-refractivity contribution in [2.45, 2.75) is 46.2 Å². The average molecular weight is 327 g/mol. The van der Waals surface area contributed by atoms with Crippen LogP contribution in [-0.2, 0) is 4.79 Å². The van der Waals surface area contributed by atoms with E-state index in [9.17, 15) is 4.79 Å². The summed E-state index contributed by atoms with van der Waals surface area (Å²) in [6, 6.07) is 3.82. The molecule has 1 heterocycles. The molecular formula is C17H26ClNOP+. The monoisotopic (exact) mass is 326 g/mol. The minimum absolute atomic E-state index is 0.166. The molecule has 21 heavy (non-hydrogen) atoms. The summed E-state index contributed by atoms with van der Waals surface area (Å²) >= 11 is 6.06. The third-order valence-corrected chi connectivity index (χ3v) is 10.8. The van der Waals surface area contributed by atoms with Crippen molar-refractivity contribution in [3.05, 3.63) is 28.3 Å². The van der Waals surface area contributed by atoms with Crippen LogP contribution in [0.1, 0.15) is 37.8 Å². The first-order valence-electron chi connectivity index (χ1n) is 7.83. The first kappa shape index (κ1) is 16.8. The minimum atomic E-state index is -1.09. The fourth-order valence-corrected chi connectivity index (χ4v) is 8.30. The van der Waals surface area contributed by atoms with Gasteiger partial charge in [-0.05, 0) is 63.8 Å². The lowest BCUT2D eigenvalue weighted by atomic mass is 10.1. The third kappa shape index (κ3) is 3.43. The van der Waals surface area contributed by atoms with Crippen LogP contribution in [-0.4, -0.2) is 30.1 Å². The molecule has 1 aliphatic heterocycles. The zero-order valence-electron chi connectivity index (χ0n) is 13.5. The maximum Gasteiger partial charge on any atom is 0.264 e. The lowest BCUT2D eigenvalue weighted by Gasteiger charge is -2.27. The Morgan fingerprint density at radius 3 is 2.29 bits per heavy atom. The normalized spacial score (nSPS) is 18.5. The first-order chi connectivity index (χ1) is 9.89. The van der Waals surface area contributed by atoms with Gasteiger partial charge in [-0.25, -0.2) is 0 Å². The van der Waals surface area contributed by atoms with Gasteiger partial charge >= 0.3 is 0 Å². The van der Waals surface area contributed by atoms with E-state index in [0.717, 1.165) is 21.8 Å². The lowest BCUT2D eigenvalue weighted by Crippen LogP contribution is -2.30. The van der Waals surface area contributed by atoms with Crippen molar-refractivity contribution in [1.82, 2.24) is 0 Å². The molecule has 0 aliphatic carbocycles. The van der Waals surface area contributed by atoms with Crippen molar-refractivity contribution in [3.63, 3.8) is 0 Å². The van der Waals surface area contributed by atoms with E-state index in [1.54, 1.807) is 0 Å². The second-order valence-electron chi connectivity index (χ2n) is 6.27. The van der Waals surface area contributed by atoms with Crippen molar-refractivity contribution in [3.8, 4) is 0 Å². The molecule has 1 aromatic carbocycles. The van der Waals surface area contributed by atoms with Gasteiger partial charge in [-0.1, -0.05) is 11.6 Å². The minimum Gasteiger partial charge on any atom is -0.322 e.